The van der Waals surface area contributed by atoms with E-state index in [4.69, 9.17) is 14.5 Å². The van der Waals surface area contributed by atoms with Crippen LogP contribution in [0.2, 0.25) is 0 Å². The minimum Gasteiger partial charge on any atom is -0.379 e. The fourth-order valence-corrected chi connectivity index (χ4v) is 8.57. The molecule has 8 rings (SSSR count). The van der Waals surface area contributed by atoms with Crippen LogP contribution >= 0.6 is 0 Å². The highest BCUT2D eigenvalue weighted by atomic mass is 16.5. The second kappa shape index (κ2) is 21.6. The third kappa shape index (κ3) is 11.6. The standard InChI is InChI=1S/C48H57N11O7/c1-31-38-29-52-48(56-45(38)59(35-7-3-4-8-35)47(64)44(31)32(2)60)55-41-16-14-36(28-51-41)58-21-19-57(20-22-58)30-43(62)49-18-24-66-26-25-65-23-17-42(61)53-39-10-6-5-9-37(39)46(63)54-40-15-13-34(27-50-40)33-11-12-33/h5-6,9-10,13-16,27-29,33,35H,3-4,7-8,11-12,17-26,30H2,1-2H3,(H,49,62)(H,53,61)(H,50,54,63)(H,51,52,55,56). The number of benzene rings is 1. The molecule has 0 unspecified atom stereocenters. The molecule has 3 aliphatic rings. The molecule has 0 spiro atoms. The number of aromatic nitrogens is 5. The molecule has 0 bridgehead atoms. The average Bonchev–Trinajstić information content (AvgIpc) is 4.03. The Morgan fingerprint density at radius 2 is 1.52 bits per heavy atom. The molecular formula is C48H57N11O7. The molecule has 0 radical (unpaired) electrons. The summed E-state index contributed by atoms with van der Waals surface area (Å²) in [4.78, 5) is 86.9. The molecule has 1 aliphatic heterocycles. The maximum atomic E-state index is 13.6. The summed E-state index contributed by atoms with van der Waals surface area (Å²) in [6, 6.07) is 14.4. The van der Waals surface area contributed by atoms with Crippen molar-refractivity contribution in [2.75, 3.05) is 86.5 Å². The molecule has 3 fully saturated rings. The molecule has 66 heavy (non-hydrogen) atoms. The third-order valence-corrected chi connectivity index (χ3v) is 12.3. The fraction of sp³-hybridized carbons (Fsp3) is 0.438. The predicted molar refractivity (Wildman–Crippen MR) is 251 cm³/mol. The van der Waals surface area contributed by atoms with Gasteiger partial charge >= 0.3 is 0 Å². The minimum absolute atomic E-state index is 0.00657. The number of Topliss-reactive ketones (excluding diaryl/α,β-unsaturated/α-hetero) is 1. The molecule has 346 valence electrons. The largest absolute Gasteiger partial charge is 0.379 e. The molecule has 5 heterocycles. The fourth-order valence-electron chi connectivity index (χ4n) is 8.57. The smallest absolute Gasteiger partial charge is 0.263 e. The van der Waals surface area contributed by atoms with Crippen molar-refractivity contribution in [3.8, 4) is 0 Å². The van der Waals surface area contributed by atoms with Crippen LogP contribution in [0.25, 0.3) is 11.0 Å². The first kappa shape index (κ1) is 45.9. The molecule has 2 saturated carbocycles. The Balaban J connectivity index is 0.690. The van der Waals surface area contributed by atoms with Gasteiger partial charge in [0, 0.05) is 56.5 Å². The Kier molecular flexibility index (Phi) is 15.0. The van der Waals surface area contributed by atoms with Gasteiger partial charge in [0.15, 0.2) is 5.78 Å². The number of carbonyl (C=O) groups is 4. The van der Waals surface area contributed by atoms with Crippen LogP contribution in [0, 0.1) is 6.92 Å². The highest BCUT2D eigenvalue weighted by Gasteiger charge is 2.27. The van der Waals surface area contributed by atoms with Crippen LogP contribution in [0.3, 0.4) is 0 Å². The van der Waals surface area contributed by atoms with Crippen molar-refractivity contribution >= 4 is 63.5 Å². The number of rotatable bonds is 20. The number of pyridine rings is 3. The first-order chi connectivity index (χ1) is 32.1. The number of ether oxygens (including phenoxy) is 2. The van der Waals surface area contributed by atoms with E-state index in [0.717, 1.165) is 44.5 Å². The van der Waals surface area contributed by atoms with E-state index >= 15 is 0 Å². The molecule has 4 aromatic heterocycles. The number of nitrogens with one attached hydrogen (secondary N) is 4. The highest BCUT2D eigenvalue weighted by molar-refractivity contribution is 6.09. The van der Waals surface area contributed by atoms with Crippen LogP contribution < -0.4 is 31.7 Å². The van der Waals surface area contributed by atoms with Gasteiger partial charge in [-0.25, -0.2) is 15.0 Å². The lowest BCUT2D eigenvalue weighted by molar-refractivity contribution is -0.122. The normalized spacial score (nSPS) is 15.5. The zero-order valence-electron chi connectivity index (χ0n) is 37.5. The van der Waals surface area contributed by atoms with Gasteiger partial charge in [-0.1, -0.05) is 31.0 Å². The number of para-hydroxylation sites is 1. The zero-order valence-corrected chi connectivity index (χ0v) is 37.5. The van der Waals surface area contributed by atoms with Gasteiger partial charge in [0.25, 0.3) is 11.5 Å². The van der Waals surface area contributed by atoms with Crippen LogP contribution in [0.1, 0.15) is 95.7 Å². The van der Waals surface area contributed by atoms with Crippen LogP contribution in [0.4, 0.5) is 29.0 Å². The molecular weight excluding hydrogens is 843 g/mol. The lowest BCUT2D eigenvalue weighted by Gasteiger charge is -2.35. The summed E-state index contributed by atoms with van der Waals surface area (Å²) in [5, 5.41) is 12.4. The van der Waals surface area contributed by atoms with Gasteiger partial charge in [0.05, 0.1) is 68.1 Å². The van der Waals surface area contributed by atoms with Gasteiger partial charge in [-0.2, -0.15) is 4.98 Å². The molecule has 2 aliphatic carbocycles. The first-order valence-electron chi connectivity index (χ1n) is 22.8. The van der Waals surface area contributed by atoms with Crippen LogP contribution in [0.5, 0.6) is 0 Å². The van der Waals surface area contributed by atoms with Crippen molar-refractivity contribution in [3.63, 3.8) is 0 Å². The number of aryl methyl sites for hydroxylation is 1. The maximum absolute atomic E-state index is 13.6. The van der Waals surface area contributed by atoms with Crippen molar-refractivity contribution < 1.29 is 28.7 Å². The average molecular weight is 900 g/mol. The molecule has 1 saturated heterocycles. The second-order valence-electron chi connectivity index (χ2n) is 17.0. The van der Waals surface area contributed by atoms with Crippen LogP contribution in [0.15, 0.2) is 71.9 Å². The van der Waals surface area contributed by atoms with E-state index in [1.165, 1.54) is 25.3 Å². The molecule has 1 aromatic carbocycles. The summed E-state index contributed by atoms with van der Waals surface area (Å²) in [6.07, 6.45) is 11.5. The maximum Gasteiger partial charge on any atom is 0.263 e. The Hall–Kier alpha value is -6.63. The number of anilines is 5. The van der Waals surface area contributed by atoms with E-state index in [1.807, 2.05) is 18.2 Å². The van der Waals surface area contributed by atoms with E-state index in [-0.39, 0.29) is 60.2 Å². The van der Waals surface area contributed by atoms with Crippen LogP contribution in [-0.2, 0) is 19.1 Å². The van der Waals surface area contributed by atoms with Gasteiger partial charge in [-0.15, -0.1) is 0 Å². The van der Waals surface area contributed by atoms with Gasteiger partial charge in [0.1, 0.15) is 17.3 Å². The number of hydrogen-bond acceptors (Lipinski definition) is 14. The monoisotopic (exact) mass is 899 g/mol. The van der Waals surface area contributed by atoms with Gasteiger partial charge in [-0.05, 0) is 86.9 Å². The van der Waals surface area contributed by atoms with E-state index < -0.39 is 0 Å². The summed E-state index contributed by atoms with van der Waals surface area (Å²) >= 11 is 0. The number of fused-ring (bicyclic) bond motifs is 1. The number of nitrogens with zero attached hydrogens (tertiary/aromatic N) is 7. The SMILES string of the molecule is CC(=O)c1c(C)c2cnc(Nc3ccc(N4CCN(CC(=O)NCCOCCOCCC(=O)Nc5ccccc5C(=O)Nc5ccc(C6CC6)cn5)CC4)cn3)nc2n(C2CCCC2)c1=O. The van der Waals surface area contributed by atoms with Crippen molar-refractivity contribution in [2.45, 2.75) is 70.8 Å². The number of piperazine rings is 1. The van der Waals surface area contributed by atoms with Gasteiger partial charge < -0.3 is 35.6 Å². The highest BCUT2D eigenvalue weighted by Crippen LogP contribution is 2.40. The Morgan fingerprint density at radius 3 is 2.23 bits per heavy atom. The Labute approximate surface area is 382 Å². The number of ketones is 1. The number of hydrogen-bond donors (Lipinski definition) is 4. The van der Waals surface area contributed by atoms with Gasteiger partial charge in [-0.3, -0.25) is 33.4 Å². The van der Waals surface area contributed by atoms with Crippen molar-refractivity contribution in [2.24, 2.45) is 0 Å². The zero-order chi connectivity index (χ0) is 46.0. The summed E-state index contributed by atoms with van der Waals surface area (Å²) in [5.74, 6) is 0.937. The van der Waals surface area contributed by atoms with E-state index in [9.17, 15) is 24.0 Å². The predicted octanol–water partition coefficient (Wildman–Crippen LogP) is 5.38. The topological polar surface area (TPSA) is 215 Å². The number of amides is 3. The molecule has 4 N–H and O–H groups in total. The molecule has 18 heteroatoms. The lowest BCUT2D eigenvalue weighted by atomic mass is 10.0. The Bertz CT molecular complexity index is 2590. The molecule has 3 amide bonds. The quantitative estimate of drug-likeness (QED) is 0.0571. The first-order valence-corrected chi connectivity index (χ1v) is 22.8. The van der Waals surface area contributed by atoms with Crippen molar-refractivity contribution in [1.29, 1.82) is 0 Å². The summed E-state index contributed by atoms with van der Waals surface area (Å²) in [5.41, 5.74) is 3.91. The summed E-state index contributed by atoms with van der Waals surface area (Å²) in [6.45, 7) is 7.88. The van der Waals surface area contributed by atoms with E-state index in [0.29, 0.717) is 90.8 Å². The molecule has 5 aromatic rings. The summed E-state index contributed by atoms with van der Waals surface area (Å²) < 4.78 is 12.9. The Morgan fingerprint density at radius 1 is 0.773 bits per heavy atom. The van der Waals surface area contributed by atoms with E-state index in [2.05, 4.69) is 46.0 Å². The van der Waals surface area contributed by atoms with Crippen molar-refractivity contribution in [3.05, 3.63) is 99.7 Å². The second-order valence-corrected chi connectivity index (χ2v) is 17.0. The minimum atomic E-state index is -0.361. The molecule has 18 nitrogen and oxygen atoms in total. The lowest BCUT2D eigenvalue weighted by Crippen LogP contribution is -2.49. The van der Waals surface area contributed by atoms with Crippen LogP contribution in [-0.4, -0.2) is 119 Å². The van der Waals surface area contributed by atoms with E-state index in [1.54, 1.807) is 60.4 Å². The molecule has 0 atom stereocenters. The number of carbonyl (C=O) groups excluding carboxylic acids is 4. The summed E-state index contributed by atoms with van der Waals surface area (Å²) in [7, 11) is 0. The van der Waals surface area contributed by atoms with Crippen molar-refractivity contribution in [1.82, 2.24) is 34.7 Å². The van der Waals surface area contributed by atoms with Gasteiger partial charge in [0.2, 0.25) is 17.8 Å². The third-order valence-electron chi connectivity index (χ3n) is 12.3.